The summed E-state index contributed by atoms with van der Waals surface area (Å²) in [6.07, 6.45) is 1.87. The molecule has 1 N–H and O–H groups in total. The third-order valence-corrected chi connectivity index (χ3v) is 2.41. The highest BCUT2D eigenvalue weighted by molar-refractivity contribution is 5.35. The van der Waals surface area contributed by atoms with Gasteiger partial charge in [0.2, 0.25) is 0 Å². The predicted molar refractivity (Wildman–Crippen MR) is 61.0 cm³/mol. The van der Waals surface area contributed by atoms with Gasteiger partial charge >= 0.3 is 0 Å². The maximum absolute atomic E-state index is 13.1. The Kier molecular flexibility index (Phi) is 3.01. The van der Waals surface area contributed by atoms with E-state index < -0.39 is 0 Å². The van der Waals surface area contributed by atoms with Gasteiger partial charge in [0.25, 0.3) is 0 Å². The van der Waals surface area contributed by atoms with Gasteiger partial charge < -0.3 is 5.32 Å². The normalized spacial score (nSPS) is 10.7. The molecule has 0 spiro atoms. The summed E-state index contributed by atoms with van der Waals surface area (Å²) in [7, 11) is 1.88. The summed E-state index contributed by atoms with van der Waals surface area (Å²) in [5.41, 5.74) is 2.47. The van der Waals surface area contributed by atoms with E-state index in [2.05, 4.69) is 10.4 Å². The van der Waals surface area contributed by atoms with Gasteiger partial charge in [-0.15, -0.1) is 0 Å². The van der Waals surface area contributed by atoms with Crippen LogP contribution in [0, 0.1) is 12.7 Å². The van der Waals surface area contributed by atoms with E-state index in [0.717, 1.165) is 17.9 Å². The Labute approximate surface area is 93.9 Å². The van der Waals surface area contributed by atoms with Crippen LogP contribution in [0.1, 0.15) is 11.3 Å². The van der Waals surface area contributed by atoms with Crippen LogP contribution in [-0.4, -0.2) is 16.8 Å². The molecule has 2 aromatic rings. The second kappa shape index (κ2) is 4.45. The average Bonchev–Trinajstić information content (AvgIpc) is 2.71. The van der Waals surface area contributed by atoms with Crippen molar-refractivity contribution in [3.05, 3.63) is 47.5 Å². The summed E-state index contributed by atoms with van der Waals surface area (Å²) in [5, 5.41) is 7.41. The molecule has 2 rings (SSSR count). The van der Waals surface area contributed by atoms with Crippen molar-refractivity contribution >= 4 is 0 Å². The van der Waals surface area contributed by atoms with Crippen LogP contribution in [0.2, 0.25) is 0 Å². The van der Waals surface area contributed by atoms with E-state index in [1.165, 1.54) is 6.07 Å². The molecule has 0 radical (unpaired) electrons. The standard InChI is InChI=1S/C12H14FN3/c1-9-7-11(3-4-12(9)13)16-6-5-10(15-16)8-14-2/h3-7,14H,8H2,1-2H3. The largest absolute Gasteiger partial charge is 0.314 e. The Hall–Kier alpha value is -1.68. The summed E-state index contributed by atoms with van der Waals surface area (Å²) < 4.78 is 14.8. The van der Waals surface area contributed by atoms with Crippen molar-refractivity contribution in [3.8, 4) is 5.69 Å². The number of benzene rings is 1. The number of nitrogens with one attached hydrogen (secondary N) is 1. The molecule has 0 aliphatic heterocycles. The minimum atomic E-state index is -0.189. The lowest BCUT2D eigenvalue weighted by Crippen LogP contribution is -2.06. The van der Waals surface area contributed by atoms with E-state index in [9.17, 15) is 4.39 Å². The van der Waals surface area contributed by atoms with Crippen LogP contribution in [0.25, 0.3) is 5.69 Å². The Morgan fingerprint density at radius 3 is 2.88 bits per heavy atom. The van der Waals surface area contributed by atoms with Crippen LogP contribution in [0.5, 0.6) is 0 Å². The lowest BCUT2D eigenvalue weighted by atomic mass is 10.2. The van der Waals surface area contributed by atoms with Crippen molar-refractivity contribution in [2.24, 2.45) is 0 Å². The van der Waals surface area contributed by atoms with Gasteiger partial charge in [-0.25, -0.2) is 9.07 Å². The fourth-order valence-corrected chi connectivity index (χ4v) is 1.55. The van der Waals surface area contributed by atoms with Crippen molar-refractivity contribution in [2.45, 2.75) is 13.5 Å². The number of nitrogens with zero attached hydrogens (tertiary/aromatic N) is 2. The smallest absolute Gasteiger partial charge is 0.126 e. The average molecular weight is 219 g/mol. The molecule has 0 amide bonds. The predicted octanol–water partition coefficient (Wildman–Crippen LogP) is 2.04. The molecule has 0 aliphatic carbocycles. The zero-order valence-corrected chi connectivity index (χ0v) is 9.37. The Morgan fingerprint density at radius 1 is 1.38 bits per heavy atom. The SMILES string of the molecule is CNCc1ccn(-c2ccc(F)c(C)c2)n1. The zero-order valence-electron chi connectivity index (χ0n) is 9.37. The Balaban J connectivity index is 2.31. The third kappa shape index (κ3) is 2.12. The van der Waals surface area contributed by atoms with Crippen LogP contribution in [0.15, 0.2) is 30.5 Å². The van der Waals surface area contributed by atoms with E-state index >= 15 is 0 Å². The third-order valence-electron chi connectivity index (χ3n) is 2.41. The van der Waals surface area contributed by atoms with Crippen molar-refractivity contribution in [1.82, 2.24) is 15.1 Å². The number of halogens is 1. The molecular weight excluding hydrogens is 205 g/mol. The topological polar surface area (TPSA) is 29.9 Å². The van der Waals surface area contributed by atoms with E-state index in [-0.39, 0.29) is 5.82 Å². The number of hydrogen-bond acceptors (Lipinski definition) is 2. The molecule has 0 fully saturated rings. The highest BCUT2D eigenvalue weighted by Crippen LogP contribution is 2.13. The molecule has 1 aromatic heterocycles. The number of aryl methyl sites for hydroxylation is 1. The molecule has 0 atom stereocenters. The van der Waals surface area contributed by atoms with Gasteiger partial charge in [0.05, 0.1) is 11.4 Å². The molecule has 0 saturated heterocycles. The molecule has 1 heterocycles. The molecule has 3 nitrogen and oxygen atoms in total. The maximum atomic E-state index is 13.1. The van der Waals surface area contributed by atoms with E-state index in [1.54, 1.807) is 23.7 Å². The fourth-order valence-electron chi connectivity index (χ4n) is 1.55. The summed E-state index contributed by atoms with van der Waals surface area (Å²) >= 11 is 0. The lowest BCUT2D eigenvalue weighted by Gasteiger charge is -2.03. The minimum Gasteiger partial charge on any atom is -0.314 e. The first-order chi connectivity index (χ1) is 7.70. The highest BCUT2D eigenvalue weighted by Gasteiger charge is 2.03. The monoisotopic (exact) mass is 219 g/mol. The molecule has 0 unspecified atom stereocenters. The zero-order chi connectivity index (χ0) is 11.5. The van der Waals surface area contributed by atoms with Gasteiger partial charge in [-0.2, -0.15) is 5.10 Å². The molecule has 16 heavy (non-hydrogen) atoms. The molecule has 0 saturated carbocycles. The summed E-state index contributed by atoms with van der Waals surface area (Å²) in [4.78, 5) is 0. The van der Waals surface area contributed by atoms with Gasteiger partial charge in [0, 0.05) is 12.7 Å². The van der Waals surface area contributed by atoms with Gasteiger partial charge in [0.1, 0.15) is 5.82 Å². The van der Waals surface area contributed by atoms with Crippen LogP contribution < -0.4 is 5.32 Å². The fraction of sp³-hybridized carbons (Fsp3) is 0.250. The summed E-state index contributed by atoms with van der Waals surface area (Å²) in [6, 6.07) is 6.91. The number of rotatable bonds is 3. The first-order valence-electron chi connectivity index (χ1n) is 5.16. The summed E-state index contributed by atoms with van der Waals surface area (Å²) in [6.45, 7) is 2.48. The lowest BCUT2D eigenvalue weighted by molar-refractivity contribution is 0.617. The van der Waals surface area contributed by atoms with Crippen LogP contribution in [-0.2, 0) is 6.54 Å². The Bertz CT molecular complexity index is 491. The Morgan fingerprint density at radius 2 is 2.19 bits per heavy atom. The van der Waals surface area contributed by atoms with E-state index in [4.69, 9.17) is 0 Å². The van der Waals surface area contributed by atoms with Crippen LogP contribution in [0.4, 0.5) is 4.39 Å². The first-order valence-corrected chi connectivity index (χ1v) is 5.16. The van der Waals surface area contributed by atoms with Gasteiger partial charge in [0.15, 0.2) is 0 Å². The van der Waals surface area contributed by atoms with Crippen molar-refractivity contribution in [1.29, 1.82) is 0 Å². The molecule has 0 aliphatic rings. The maximum Gasteiger partial charge on any atom is 0.126 e. The minimum absolute atomic E-state index is 0.189. The second-order valence-corrected chi connectivity index (χ2v) is 3.72. The number of aromatic nitrogens is 2. The molecule has 0 bridgehead atoms. The molecule has 84 valence electrons. The second-order valence-electron chi connectivity index (χ2n) is 3.72. The summed E-state index contributed by atoms with van der Waals surface area (Å²) in [5.74, 6) is -0.189. The van der Waals surface area contributed by atoms with Gasteiger partial charge in [-0.1, -0.05) is 0 Å². The molecule has 1 aromatic carbocycles. The highest BCUT2D eigenvalue weighted by atomic mass is 19.1. The molecule has 4 heteroatoms. The van der Waals surface area contributed by atoms with Gasteiger partial charge in [-0.05, 0) is 43.8 Å². The van der Waals surface area contributed by atoms with Crippen LogP contribution in [0.3, 0.4) is 0 Å². The van der Waals surface area contributed by atoms with E-state index in [1.807, 2.05) is 19.3 Å². The molecular formula is C12H14FN3. The number of hydrogen-bond donors (Lipinski definition) is 1. The van der Waals surface area contributed by atoms with E-state index in [0.29, 0.717) is 5.56 Å². The van der Waals surface area contributed by atoms with Crippen molar-refractivity contribution in [2.75, 3.05) is 7.05 Å². The quantitative estimate of drug-likeness (QED) is 0.856. The van der Waals surface area contributed by atoms with Crippen molar-refractivity contribution in [3.63, 3.8) is 0 Å². The van der Waals surface area contributed by atoms with Crippen molar-refractivity contribution < 1.29 is 4.39 Å². The van der Waals surface area contributed by atoms with Crippen LogP contribution >= 0.6 is 0 Å². The first kappa shape index (κ1) is 10.8. The van der Waals surface area contributed by atoms with Gasteiger partial charge in [-0.3, -0.25) is 0 Å².